The van der Waals surface area contributed by atoms with Gasteiger partial charge in [0.25, 0.3) is 5.91 Å². The largest absolute Gasteiger partial charge is 0.487 e. The van der Waals surface area contributed by atoms with Crippen molar-refractivity contribution in [3.05, 3.63) is 42.0 Å². The first kappa shape index (κ1) is 19.1. The third-order valence-electron chi connectivity index (χ3n) is 4.74. The molecule has 1 aliphatic heterocycles. The van der Waals surface area contributed by atoms with Crippen molar-refractivity contribution in [2.24, 2.45) is 0 Å². The molecule has 0 saturated carbocycles. The van der Waals surface area contributed by atoms with E-state index >= 15 is 0 Å². The Morgan fingerprint density at radius 1 is 1.45 bits per heavy atom. The molecule has 0 radical (unpaired) electrons. The summed E-state index contributed by atoms with van der Waals surface area (Å²) in [5, 5.41) is 13.4. The van der Waals surface area contributed by atoms with E-state index in [-0.39, 0.29) is 17.5 Å². The molecule has 1 saturated heterocycles. The van der Waals surface area contributed by atoms with Crippen LogP contribution in [0.5, 0.6) is 5.75 Å². The second kappa shape index (κ2) is 8.41. The van der Waals surface area contributed by atoms with Crippen LogP contribution in [-0.2, 0) is 6.54 Å². The van der Waals surface area contributed by atoms with Crippen LogP contribution in [-0.4, -0.2) is 51.7 Å². The lowest BCUT2D eigenvalue weighted by Crippen LogP contribution is -2.37. The van der Waals surface area contributed by atoms with Crippen molar-refractivity contribution in [1.82, 2.24) is 30.2 Å². The zero-order chi connectivity index (χ0) is 20.2. The van der Waals surface area contributed by atoms with Crippen LogP contribution in [0.1, 0.15) is 28.8 Å². The topological polar surface area (TPSA) is 131 Å². The fraction of sp³-hybridized carbons (Fsp3) is 0.368. The van der Waals surface area contributed by atoms with E-state index in [2.05, 4.69) is 31.0 Å². The van der Waals surface area contributed by atoms with Gasteiger partial charge in [0, 0.05) is 43.3 Å². The Kier molecular flexibility index (Phi) is 5.54. The summed E-state index contributed by atoms with van der Waals surface area (Å²) in [4.78, 5) is 21.4. The smallest absolute Gasteiger partial charge is 0.263 e. The summed E-state index contributed by atoms with van der Waals surface area (Å²) in [7, 11) is 1.84. The van der Waals surface area contributed by atoms with Gasteiger partial charge in [-0.3, -0.25) is 9.78 Å². The Hall–Kier alpha value is -3.24. The first-order chi connectivity index (χ1) is 14.2. The lowest BCUT2D eigenvalue weighted by atomic mass is 10.1. The van der Waals surface area contributed by atoms with E-state index in [1.807, 2.05) is 7.05 Å². The second-order valence-corrected chi connectivity index (χ2v) is 6.93. The maximum absolute atomic E-state index is 13.0. The number of carbonyl (C=O) groups excluding carboxylic acids is 1. The zero-order valence-corrected chi connectivity index (χ0v) is 16.2. The molecule has 0 spiro atoms. The molecule has 1 unspecified atom stereocenters. The van der Waals surface area contributed by atoms with Gasteiger partial charge in [0.15, 0.2) is 11.5 Å². The van der Waals surface area contributed by atoms with Gasteiger partial charge in [0.05, 0.1) is 6.20 Å². The van der Waals surface area contributed by atoms with Crippen molar-refractivity contribution in [1.29, 1.82) is 0 Å². The number of nitrogens with one attached hydrogen (secondary N) is 3. The van der Waals surface area contributed by atoms with E-state index in [9.17, 15) is 4.79 Å². The van der Waals surface area contributed by atoms with E-state index in [0.717, 1.165) is 31.5 Å². The highest BCUT2D eigenvalue weighted by Crippen LogP contribution is 2.27. The average Bonchev–Trinajstić information content (AvgIpc) is 3.05. The molecule has 29 heavy (non-hydrogen) atoms. The number of carbonyl (C=O) groups is 1. The highest BCUT2D eigenvalue weighted by molar-refractivity contribution is 6.11. The number of nitrogens with two attached hydrogens (primary N) is 1. The molecule has 0 aromatic carbocycles. The van der Waals surface area contributed by atoms with Crippen molar-refractivity contribution in [3.8, 4) is 5.75 Å². The molecule has 4 heterocycles. The van der Waals surface area contributed by atoms with Crippen molar-refractivity contribution in [2.75, 3.05) is 31.2 Å². The number of ether oxygens (including phenoxy) is 1. The van der Waals surface area contributed by atoms with Gasteiger partial charge < -0.3 is 26.4 Å². The Bertz CT molecular complexity index is 1010. The molecule has 1 atom stereocenters. The molecular weight excluding hydrogens is 372 g/mol. The molecule has 3 aromatic heterocycles. The number of nitrogens with zero attached hydrogens (tertiary/aromatic N) is 4. The first-order valence-electron chi connectivity index (χ1n) is 9.55. The molecule has 0 aliphatic carbocycles. The van der Waals surface area contributed by atoms with E-state index in [4.69, 9.17) is 10.5 Å². The number of rotatable bonds is 6. The minimum atomic E-state index is -0.411. The summed E-state index contributed by atoms with van der Waals surface area (Å²) in [5.41, 5.74) is 8.03. The number of hydrogen-bond donors (Lipinski definition) is 4. The van der Waals surface area contributed by atoms with E-state index in [0.29, 0.717) is 23.6 Å². The van der Waals surface area contributed by atoms with Crippen molar-refractivity contribution < 1.29 is 9.53 Å². The number of hydrogen-bond acceptors (Lipinski definition) is 8. The molecule has 1 amide bonds. The van der Waals surface area contributed by atoms with Gasteiger partial charge in [0.1, 0.15) is 23.1 Å². The summed E-state index contributed by atoms with van der Waals surface area (Å²) in [5.74, 6) is 0.270. The third-order valence-corrected chi connectivity index (χ3v) is 4.74. The normalized spacial score (nSPS) is 16.7. The Labute approximate surface area is 167 Å². The molecule has 3 aromatic rings. The minimum absolute atomic E-state index is 0.0520. The lowest BCUT2D eigenvalue weighted by Gasteiger charge is -2.24. The van der Waals surface area contributed by atoms with E-state index in [1.165, 1.54) is 4.52 Å². The molecule has 4 rings (SSSR count). The number of fused-ring (bicyclic) bond motifs is 1. The summed E-state index contributed by atoms with van der Waals surface area (Å²) in [6.07, 6.45) is 8.75. The van der Waals surface area contributed by atoms with Crippen LogP contribution in [0.3, 0.4) is 0 Å². The quantitative estimate of drug-likeness (QED) is 0.481. The predicted molar refractivity (Wildman–Crippen MR) is 109 cm³/mol. The highest BCUT2D eigenvalue weighted by atomic mass is 16.5. The van der Waals surface area contributed by atoms with E-state index < -0.39 is 5.91 Å². The second-order valence-electron chi connectivity index (χ2n) is 6.93. The van der Waals surface area contributed by atoms with Crippen molar-refractivity contribution in [3.63, 3.8) is 0 Å². The number of piperidine rings is 1. The van der Waals surface area contributed by atoms with Crippen LogP contribution in [0.15, 0.2) is 30.9 Å². The molecule has 5 N–H and O–H groups in total. The number of nitrogen functional groups attached to an aromatic ring is 1. The Balaban J connectivity index is 1.57. The molecule has 152 valence electrons. The lowest BCUT2D eigenvalue weighted by molar-refractivity contribution is 0.102. The van der Waals surface area contributed by atoms with Gasteiger partial charge >= 0.3 is 0 Å². The number of anilines is 2. The maximum atomic E-state index is 13.0. The molecular formula is C19H24N8O2. The molecule has 0 bridgehead atoms. The van der Waals surface area contributed by atoms with Gasteiger partial charge in [-0.15, -0.1) is 5.10 Å². The monoisotopic (exact) mass is 396 g/mol. The molecule has 10 nitrogen and oxygen atoms in total. The minimum Gasteiger partial charge on any atom is -0.487 e. The highest BCUT2D eigenvalue weighted by Gasteiger charge is 2.22. The third kappa shape index (κ3) is 4.13. The Morgan fingerprint density at radius 2 is 2.34 bits per heavy atom. The summed E-state index contributed by atoms with van der Waals surface area (Å²) >= 11 is 0. The van der Waals surface area contributed by atoms with Crippen LogP contribution < -0.4 is 26.4 Å². The van der Waals surface area contributed by atoms with Crippen LogP contribution in [0.4, 0.5) is 11.5 Å². The van der Waals surface area contributed by atoms with Crippen LogP contribution in [0.2, 0.25) is 0 Å². The van der Waals surface area contributed by atoms with Gasteiger partial charge in [0.2, 0.25) is 0 Å². The van der Waals surface area contributed by atoms with Crippen LogP contribution >= 0.6 is 0 Å². The summed E-state index contributed by atoms with van der Waals surface area (Å²) in [6.45, 7) is 2.41. The maximum Gasteiger partial charge on any atom is 0.263 e. The SMILES string of the molecule is CNCc1cnc2c(C(=O)Nc3cnccc3OC3CCCNC3)c(N)nn2c1. The summed E-state index contributed by atoms with van der Waals surface area (Å²) < 4.78 is 7.59. The van der Waals surface area contributed by atoms with Gasteiger partial charge in [-0.25, -0.2) is 9.50 Å². The van der Waals surface area contributed by atoms with Gasteiger partial charge in [-0.2, -0.15) is 0 Å². The van der Waals surface area contributed by atoms with Gasteiger partial charge in [-0.05, 0) is 26.4 Å². The fourth-order valence-corrected chi connectivity index (χ4v) is 3.37. The molecule has 1 fully saturated rings. The van der Waals surface area contributed by atoms with E-state index in [1.54, 1.807) is 30.9 Å². The zero-order valence-electron chi connectivity index (χ0n) is 16.2. The number of pyridine rings is 1. The Morgan fingerprint density at radius 3 is 3.14 bits per heavy atom. The number of aromatic nitrogens is 4. The average molecular weight is 396 g/mol. The number of amides is 1. The van der Waals surface area contributed by atoms with Crippen LogP contribution in [0.25, 0.3) is 5.65 Å². The fourth-order valence-electron chi connectivity index (χ4n) is 3.37. The van der Waals surface area contributed by atoms with Gasteiger partial charge in [-0.1, -0.05) is 0 Å². The van der Waals surface area contributed by atoms with Crippen molar-refractivity contribution in [2.45, 2.75) is 25.5 Å². The molecule has 10 heteroatoms. The standard InChI is InChI=1S/C19H24N8O2/c1-21-7-12-8-24-18-16(17(20)26-27(18)11-12)19(28)25-14-10-23-6-4-15(14)29-13-3-2-5-22-9-13/h4,6,8,10-11,13,21-22H,2-3,5,7,9H2,1H3,(H2,20,26)(H,25,28). The summed E-state index contributed by atoms with van der Waals surface area (Å²) in [6, 6.07) is 1.74. The first-order valence-corrected chi connectivity index (χ1v) is 9.55. The van der Waals surface area contributed by atoms with Crippen LogP contribution in [0, 0.1) is 0 Å². The van der Waals surface area contributed by atoms with Crippen molar-refractivity contribution >= 4 is 23.1 Å². The predicted octanol–water partition coefficient (Wildman–Crippen LogP) is 0.809. The molecule has 1 aliphatic rings.